The Morgan fingerprint density at radius 3 is 2.61 bits per heavy atom. The van der Waals surface area contributed by atoms with Crippen LogP contribution in [0.25, 0.3) is 0 Å². The number of aromatic nitrogens is 1. The van der Waals surface area contributed by atoms with E-state index in [0.29, 0.717) is 41.4 Å². The topological polar surface area (TPSA) is 60.5 Å². The van der Waals surface area contributed by atoms with Gasteiger partial charge in [0.05, 0.1) is 12.6 Å². The Hall–Kier alpha value is -2.41. The molecule has 0 saturated carbocycles. The maximum absolute atomic E-state index is 13.5. The van der Waals surface area contributed by atoms with Crippen molar-refractivity contribution < 1.29 is 23.0 Å². The number of hydrogen-bond acceptors (Lipinski definition) is 4. The van der Waals surface area contributed by atoms with Gasteiger partial charge in [0.15, 0.2) is 23.1 Å². The fourth-order valence-corrected chi connectivity index (χ4v) is 2.32. The first-order valence-corrected chi connectivity index (χ1v) is 7.09. The molecule has 0 fully saturated rings. The molecule has 8 heteroatoms. The fraction of sp³-hybridized carbons (Fsp3) is 0.200. The first-order chi connectivity index (χ1) is 11.0. The second-order valence-corrected chi connectivity index (χ2v) is 5.20. The molecule has 5 nitrogen and oxygen atoms in total. The summed E-state index contributed by atoms with van der Waals surface area (Å²) < 4.78 is 37.1. The summed E-state index contributed by atoms with van der Waals surface area (Å²) in [5.74, 6) is -1.65. The molecule has 2 heterocycles. The molecule has 1 amide bonds. The number of nitrogens with zero attached hydrogens (tertiary/aromatic N) is 1. The van der Waals surface area contributed by atoms with Crippen LogP contribution >= 0.6 is 11.6 Å². The molecule has 23 heavy (non-hydrogen) atoms. The van der Waals surface area contributed by atoms with Gasteiger partial charge in [0.1, 0.15) is 19.0 Å². The van der Waals surface area contributed by atoms with Gasteiger partial charge in [-0.15, -0.1) is 0 Å². The highest BCUT2D eigenvalue weighted by molar-refractivity contribution is 6.31. The standard InChI is InChI=1S/C15H11ClF2N2O3/c16-10-6-13-12(22-1-2-23-13)3-8(10)4-14(21)20-15-11(18)5-9(17)7-19-15/h3,5-7H,1-2,4H2,(H,19,20,21). The maximum Gasteiger partial charge on any atom is 0.230 e. The third-order valence-corrected chi connectivity index (χ3v) is 3.48. The second kappa shape index (κ2) is 6.37. The molecule has 0 saturated heterocycles. The Morgan fingerprint density at radius 2 is 1.91 bits per heavy atom. The lowest BCUT2D eigenvalue weighted by Gasteiger charge is -2.19. The summed E-state index contributed by atoms with van der Waals surface area (Å²) in [6.07, 6.45) is 0.698. The predicted molar refractivity (Wildman–Crippen MR) is 78.9 cm³/mol. The van der Waals surface area contributed by atoms with E-state index in [0.717, 1.165) is 6.20 Å². The number of fused-ring (bicyclic) bond motifs is 1. The van der Waals surface area contributed by atoms with Crippen LogP contribution in [0, 0.1) is 11.6 Å². The molecule has 2 aromatic rings. The van der Waals surface area contributed by atoms with E-state index in [1.165, 1.54) is 0 Å². The van der Waals surface area contributed by atoms with Crippen LogP contribution in [-0.4, -0.2) is 24.1 Å². The van der Waals surface area contributed by atoms with E-state index in [4.69, 9.17) is 21.1 Å². The maximum atomic E-state index is 13.5. The molecule has 1 aromatic heterocycles. The highest BCUT2D eigenvalue weighted by atomic mass is 35.5. The van der Waals surface area contributed by atoms with E-state index in [-0.39, 0.29) is 12.2 Å². The van der Waals surface area contributed by atoms with Gasteiger partial charge in [-0.1, -0.05) is 11.6 Å². The van der Waals surface area contributed by atoms with Crippen LogP contribution in [0.5, 0.6) is 11.5 Å². The first-order valence-electron chi connectivity index (χ1n) is 6.72. The number of nitrogens with one attached hydrogen (secondary N) is 1. The zero-order valence-corrected chi connectivity index (χ0v) is 12.5. The molecule has 0 bridgehead atoms. The normalized spacial score (nSPS) is 12.8. The molecule has 0 radical (unpaired) electrons. The molecule has 3 rings (SSSR count). The first kappa shape index (κ1) is 15.5. The van der Waals surface area contributed by atoms with Crippen molar-refractivity contribution in [1.29, 1.82) is 0 Å². The minimum atomic E-state index is -0.952. The third kappa shape index (κ3) is 3.50. The lowest BCUT2D eigenvalue weighted by atomic mass is 10.1. The highest BCUT2D eigenvalue weighted by Gasteiger charge is 2.17. The largest absolute Gasteiger partial charge is 0.486 e. The van der Waals surface area contributed by atoms with Crippen molar-refractivity contribution in [2.75, 3.05) is 18.5 Å². The Labute approximate surface area is 135 Å². The number of carbonyl (C=O) groups excluding carboxylic acids is 1. The monoisotopic (exact) mass is 340 g/mol. The molecule has 1 aliphatic heterocycles. The van der Waals surface area contributed by atoms with Gasteiger partial charge in [-0.3, -0.25) is 4.79 Å². The number of rotatable bonds is 3. The zero-order valence-electron chi connectivity index (χ0n) is 11.7. The average Bonchev–Trinajstić information content (AvgIpc) is 2.51. The summed E-state index contributed by atoms with van der Waals surface area (Å²) in [5, 5.41) is 2.60. The van der Waals surface area contributed by atoms with Crippen LogP contribution in [-0.2, 0) is 11.2 Å². The quantitative estimate of drug-likeness (QED) is 0.933. The minimum Gasteiger partial charge on any atom is -0.486 e. The van der Waals surface area contributed by atoms with E-state index < -0.39 is 17.5 Å². The molecule has 1 N–H and O–H groups in total. The summed E-state index contributed by atoms with van der Waals surface area (Å²) in [6, 6.07) is 3.81. The van der Waals surface area contributed by atoms with E-state index >= 15 is 0 Å². The van der Waals surface area contributed by atoms with Crippen LogP contribution in [0.1, 0.15) is 5.56 Å². The smallest absolute Gasteiger partial charge is 0.230 e. The fourth-order valence-electron chi connectivity index (χ4n) is 2.10. The van der Waals surface area contributed by atoms with Crippen molar-refractivity contribution in [1.82, 2.24) is 4.98 Å². The number of anilines is 1. The summed E-state index contributed by atoms with van der Waals surface area (Å²) >= 11 is 6.11. The van der Waals surface area contributed by atoms with Crippen LogP contribution in [0.2, 0.25) is 5.02 Å². The number of pyridine rings is 1. The van der Waals surface area contributed by atoms with Crippen molar-refractivity contribution in [3.63, 3.8) is 0 Å². The Morgan fingerprint density at radius 1 is 1.22 bits per heavy atom. The number of hydrogen-bond donors (Lipinski definition) is 1. The highest BCUT2D eigenvalue weighted by Crippen LogP contribution is 2.35. The summed E-state index contributed by atoms with van der Waals surface area (Å²) in [7, 11) is 0. The van der Waals surface area contributed by atoms with E-state index in [2.05, 4.69) is 10.3 Å². The van der Waals surface area contributed by atoms with Gasteiger partial charge in [-0.05, 0) is 11.6 Å². The number of benzene rings is 1. The molecular weight excluding hydrogens is 330 g/mol. The van der Waals surface area contributed by atoms with Gasteiger partial charge in [0, 0.05) is 17.2 Å². The Kier molecular flexibility index (Phi) is 4.29. The number of ether oxygens (including phenoxy) is 2. The lowest BCUT2D eigenvalue weighted by Crippen LogP contribution is -2.18. The molecule has 0 unspecified atom stereocenters. The van der Waals surface area contributed by atoms with Gasteiger partial charge >= 0.3 is 0 Å². The minimum absolute atomic E-state index is 0.117. The van der Waals surface area contributed by atoms with Gasteiger partial charge in [-0.2, -0.15) is 0 Å². The van der Waals surface area contributed by atoms with Crippen LogP contribution in [0.3, 0.4) is 0 Å². The Bertz CT molecular complexity index is 771. The molecule has 1 aromatic carbocycles. The van der Waals surface area contributed by atoms with Crippen LogP contribution in [0.4, 0.5) is 14.6 Å². The van der Waals surface area contributed by atoms with Gasteiger partial charge in [0.2, 0.25) is 5.91 Å². The second-order valence-electron chi connectivity index (χ2n) is 4.80. The Balaban J connectivity index is 1.75. The van der Waals surface area contributed by atoms with Gasteiger partial charge in [0.25, 0.3) is 0 Å². The summed E-state index contributed by atoms with van der Waals surface area (Å²) in [6.45, 7) is 0.837. The molecular formula is C15H11ClF2N2O3. The van der Waals surface area contributed by atoms with Gasteiger partial charge in [-0.25, -0.2) is 13.8 Å². The molecule has 0 atom stereocenters. The van der Waals surface area contributed by atoms with Crippen molar-refractivity contribution in [2.24, 2.45) is 0 Å². The zero-order chi connectivity index (χ0) is 16.4. The van der Waals surface area contributed by atoms with Gasteiger partial charge < -0.3 is 14.8 Å². The molecule has 0 aliphatic carbocycles. The predicted octanol–water partition coefficient (Wildman–Crippen LogP) is 2.97. The van der Waals surface area contributed by atoms with E-state index in [1.807, 2.05) is 0 Å². The van der Waals surface area contributed by atoms with E-state index in [1.54, 1.807) is 12.1 Å². The van der Waals surface area contributed by atoms with Crippen molar-refractivity contribution in [3.8, 4) is 11.5 Å². The summed E-state index contributed by atoms with van der Waals surface area (Å²) in [5.41, 5.74) is 0.496. The van der Waals surface area contributed by atoms with Crippen LogP contribution in [0.15, 0.2) is 24.4 Å². The van der Waals surface area contributed by atoms with Crippen molar-refractivity contribution in [2.45, 2.75) is 6.42 Å². The average molecular weight is 341 g/mol. The summed E-state index contributed by atoms with van der Waals surface area (Å²) in [4.78, 5) is 15.5. The number of halogens is 3. The number of carbonyl (C=O) groups is 1. The molecule has 0 spiro atoms. The van der Waals surface area contributed by atoms with Crippen molar-refractivity contribution >= 4 is 23.3 Å². The molecule has 1 aliphatic rings. The van der Waals surface area contributed by atoms with Crippen LogP contribution < -0.4 is 14.8 Å². The van der Waals surface area contributed by atoms with Crippen molar-refractivity contribution in [3.05, 3.63) is 46.6 Å². The number of amides is 1. The molecule has 120 valence electrons. The van der Waals surface area contributed by atoms with E-state index in [9.17, 15) is 13.6 Å². The SMILES string of the molecule is O=C(Cc1cc2c(cc1Cl)OCCO2)Nc1ncc(F)cc1F. The third-order valence-electron chi connectivity index (χ3n) is 3.13. The lowest BCUT2D eigenvalue weighted by molar-refractivity contribution is -0.115.